The highest BCUT2D eigenvalue weighted by molar-refractivity contribution is 8.01. The van der Waals surface area contributed by atoms with Gasteiger partial charge in [0.2, 0.25) is 5.91 Å². The predicted molar refractivity (Wildman–Crippen MR) is 74.6 cm³/mol. The summed E-state index contributed by atoms with van der Waals surface area (Å²) in [6, 6.07) is -0.110. The number of hydrogen-bond acceptors (Lipinski definition) is 4. The summed E-state index contributed by atoms with van der Waals surface area (Å²) in [5, 5.41) is 11.3. The van der Waals surface area contributed by atoms with Gasteiger partial charge in [0.15, 0.2) is 0 Å². The first-order valence-corrected chi connectivity index (χ1v) is 7.09. The molecule has 0 spiro atoms. The highest BCUT2D eigenvalue weighted by Crippen LogP contribution is 2.21. The van der Waals surface area contributed by atoms with Crippen molar-refractivity contribution in [1.82, 2.24) is 5.32 Å². The third-order valence-corrected chi connectivity index (χ3v) is 3.73. The van der Waals surface area contributed by atoms with E-state index in [0.717, 1.165) is 0 Å². The largest absolute Gasteiger partial charge is 0.481 e. The number of nitrogens with two attached hydrogens (primary N) is 1. The summed E-state index contributed by atoms with van der Waals surface area (Å²) >= 11 is 1.37. The number of thioether (sulfide) groups is 1. The number of rotatable bonds is 8. The van der Waals surface area contributed by atoms with E-state index in [1.165, 1.54) is 11.8 Å². The summed E-state index contributed by atoms with van der Waals surface area (Å²) in [5.41, 5.74) is 5.59. The minimum absolute atomic E-state index is 0.110. The van der Waals surface area contributed by atoms with Crippen LogP contribution in [0.4, 0.5) is 0 Å². The van der Waals surface area contributed by atoms with E-state index in [1.54, 1.807) is 0 Å². The minimum atomic E-state index is -0.961. The van der Waals surface area contributed by atoms with Crippen molar-refractivity contribution in [1.29, 1.82) is 0 Å². The van der Waals surface area contributed by atoms with E-state index in [2.05, 4.69) is 5.32 Å². The second-order valence-electron chi connectivity index (χ2n) is 4.87. The van der Waals surface area contributed by atoms with Gasteiger partial charge in [-0.25, -0.2) is 0 Å². The highest BCUT2D eigenvalue weighted by Gasteiger charge is 2.25. The number of aliphatic carboxylic acids is 1. The molecule has 0 bridgehead atoms. The van der Waals surface area contributed by atoms with E-state index < -0.39 is 11.2 Å². The van der Waals surface area contributed by atoms with Gasteiger partial charge >= 0.3 is 5.97 Å². The fourth-order valence-electron chi connectivity index (χ4n) is 1.46. The molecule has 0 saturated carbocycles. The van der Waals surface area contributed by atoms with E-state index in [9.17, 15) is 9.59 Å². The van der Waals surface area contributed by atoms with Crippen LogP contribution in [0.15, 0.2) is 0 Å². The van der Waals surface area contributed by atoms with Gasteiger partial charge in [0, 0.05) is 12.6 Å². The molecule has 0 aromatic heterocycles. The molecule has 18 heavy (non-hydrogen) atoms. The highest BCUT2D eigenvalue weighted by atomic mass is 32.2. The lowest BCUT2D eigenvalue weighted by atomic mass is 10.0. The van der Waals surface area contributed by atoms with Crippen molar-refractivity contribution in [3.8, 4) is 0 Å². The molecule has 0 aliphatic carbocycles. The lowest BCUT2D eigenvalue weighted by Gasteiger charge is -2.24. The summed E-state index contributed by atoms with van der Waals surface area (Å²) in [6.45, 7) is 8.18. The maximum atomic E-state index is 12.0. The lowest BCUT2D eigenvalue weighted by molar-refractivity contribution is -0.138. The van der Waals surface area contributed by atoms with Crippen molar-refractivity contribution in [2.45, 2.75) is 50.7 Å². The fourth-order valence-corrected chi connectivity index (χ4v) is 2.55. The van der Waals surface area contributed by atoms with Crippen molar-refractivity contribution in [2.75, 3.05) is 6.54 Å². The molecular weight excluding hydrogens is 252 g/mol. The number of nitrogens with one attached hydrogen (secondary N) is 1. The molecule has 0 aromatic rings. The maximum Gasteiger partial charge on any atom is 0.305 e. The van der Waals surface area contributed by atoms with Gasteiger partial charge in [-0.2, -0.15) is 0 Å². The van der Waals surface area contributed by atoms with Crippen molar-refractivity contribution < 1.29 is 14.7 Å². The second-order valence-corrected chi connectivity index (χ2v) is 6.65. The second kappa shape index (κ2) is 8.37. The molecule has 0 aliphatic heterocycles. The predicted octanol–water partition coefficient (Wildman–Crippen LogP) is 1.07. The van der Waals surface area contributed by atoms with Crippen LogP contribution in [-0.4, -0.2) is 40.1 Å². The Bertz CT molecular complexity index is 282. The molecule has 6 heteroatoms. The zero-order chi connectivity index (χ0) is 14.3. The van der Waals surface area contributed by atoms with Crippen LogP contribution in [0.1, 0.15) is 34.1 Å². The van der Waals surface area contributed by atoms with Crippen LogP contribution < -0.4 is 11.1 Å². The van der Waals surface area contributed by atoms with Crippen LogP contribution in [0.25, 0.3) is 0 Å². The molecule has 106 valence electrons. The summed E-state index contributed by atoms with van der Waals surface area (Å²) in [7, 11) is 0. The Morgan fingerprint density at radius 1 is 1.28 bits per heavy atom. The van der Waals surface area contributed by atoms with Crippen LogP contribution >= 0.6 is 11.8 Å². The van der Waals surface area contributed by atoms with Crippen molar-refractivity contribution in [3.63, 3.8) is 0 Å². The Morgan fingerprint density at radius 3 is 2.17 bits per heavy atom. The average molecular weight is 276 g/mol. The van der Waals surface area contributed by atoms with Crippen molar-refractivity contribution >= 4 is 23.6 Å². The van der Waals surface area contributed by atoms with Crippen LogP contribution in [0.2, 0.25) is 0 Å². The molecule has 0 saturated heterocycles. The van der Waals surface area contributed by atoms with Gasteiger partial charge in [-0.1, -0.05) is 27.7 Å². The van der Waals surface area contributed by atoms with Gasteiger partial charge in [0.25, 0.3) is 0 Å². The third-order valence-electron chi connectivity index (χ3n) is 2.48. The van der Waals surface area contributed by atoms with Gasteiger partial charge in [0.1, 0.15) is 0 Å². The number of carboxylic acids is 1. The first kappa shape index (κ1) is 17.2. The summed E-state index contributed by atoms with van der Waals surface area (Å²) < 4.78 is 0. The molecule has 0 radical (unpaired) electrons. The smallest absolute Gasteiger partial charge is 0.305 e. The van der Waals surface area contributed by atoms with Gasteiger partial charge in [-0.3, -0.25) is 9.59 Å². The first-order chi connectivity index (χ1) is 8.27. The Hall–Kier alpha value is -0.750. The zero-order valence-corrected chi connectivity index (χ0v) is 12.3. The number of carbonyl (C=O) groups excluding carboxylic acids is 1. The van der Waals surface area contributed by atoms with Crippen LogP contribution in [0.5, 0.6) is 0 Å². The van der Waals surface area contributed by atoms with Gasteiger partial charge < -0.3 is 16.2 Å². The minimum Gasteiger partial charge on any atom is -0.481 e. The van der Waals surface area contributed by atoms with Crippen molar-refractivity contribution in [3.05, 3.63) is 0 Å². The molecular formula is C12H24N2O3S. The number of amides is 1. The zero-order valence-electron chi connectivity index (χ0n) is 11.5. The average Bonchev–Trinajstić information content (AvgIpc) is 2.22. The first-order valence-electron chi connectivity index (χ1n) is 6.15. The summed E-state index contributed by atoms with van der Waals surface area (Å²) in [4.78, 5) is 22.8. The van der Waals surface area contributed by atoms with E-state index in [-0.39, 0.29) is 29.5 Å². The number of carbonyl (C=O) groups is 2. The molecule has 0 rings (SSSR count). The molecule has 5 nitrogen and oxygen atoms in total. The molecule has 0 heterocycles. The monoisotopic (exact) mass is 276 g/mol. The summed E-state index contributed by atoms with van der Waals surface area (Å²) in [5.74, 6) is -0.967. The SMILES string of the molecule is CC(C)SC(CC(=O)O)C(=O)NC(CN)C(C)C. The van der Waals surface area contributed by atoms with Crippen LogP contribution in [0, 0.1) is 5.92 Å². The normalized spacial score (nSPS) is 14.6. The Morgan fingerprint density at radius 2 is 1.83 bits per heavy atom. The van der Waals surface area contributed by atoms with Crippen LogP contribution in [0.3, 0.4) is 0 Å². The molecule has 2 atom stereocenters. The van der Waals surface area contributed by atoms with E-state index in [1.807, 2.05) is 27.7 Å². The topological polar surface area (TPSA) is 92.4 Å². The van der Waals surface area contributed by atoms with E-state index in [4.69, 9.17) is 10.8 Å². The molecule has 4 N–H and O–H groups in total. The number of carboxylic acid groups (broad SMARTS) is 1. The standard InChI is InChI=1S/C12H24N2O3S/c1-7(2)9(6-13)14-12(17)10(5-11(15)16)18-8(3)4/h7-10H,5-6,13H2,1-4H3,(H,14,17)(H,15,16). The van der Waals surface area contributed by atoms with E-state index >= 15 is 0 Å². The van der Waals surface area contributed by atoms with Gasteiger partial charge in [0.05, 0.1) is 11.7 Å². The third kappa shape index (κ3) is 6.86. The Labute approximate surface area is 113 Å². The Kier molecular flexibility index (Phi) is 8.02. The van der Waals surface area contributed by atoms with E-state index in [0.29, 0.717) is 6.54 Å². The van der Waals surface area contributed by atoms with Gasteiger partial charge in [-0.15, -0.1) is 11.8 Å². The molecule has 0 fully saturated rings. The van der Waals surface area contributed by atoms with Crippen LogP contribution in [-0.2, 0) is 9.59 Å². The fraction of sp³-hybridized carbons (Fsp3) is 0.833. The quantitative estimate of drug-likeness (QED) is 0.617. The summed E-state index contributed by atoms with van der Waals surface area (Å²) in [6.07, 6.45) is -0.163. The molecule has 0 aromatic carbocycles. The molecule has 1 amide bonds. The maximum absolute atomic E-state index is 12.0. The number of hydrogen-bond donors (Lipinski definition) is 3. The Balaban J connectivity index is 4.58. The van der Waals surface area contributed by atoms with Gasteiger partial charge in [-0.05, 0) is 11.2 Å². The molecule has 0 aliphatic rings. The molecule has 2 unspecified atom stereocenters. The lowest BCUT2D eigenvalue weighted by Crippen LogP contribution is -2.47. The van der Waals surface area contributed by atoms with Crippen molar-refractivity contribution in [2.24, 2.45) is 11.7 Å².